The molecular weight excluding hydrogens is 218 g/mol. The van der Waals surface area contributed by atoms with E-state index in [1.165, 1.54) is 0 Å². The SMILES string of the molecule is CCC[C@@H](C[N+](=O)[O-])OC(=O)CCC(=O)O. The Kier molecular flexibility index (Phi) is 6.82. The number of carboxylic acids is 1. The van der Waals surface area contributed by atoms with Gasteiger partial charge in [0.25, 0.3) is 0 Å². The van der Waals surface area contributed by atoms with Crippen molar-refractivity contribution in [3.8, 4) is 0 Å². The van der Waals surface area contributed by atoms with E-state index in [1.54, 1.807) is 0 Å². The molecule has 0 aliphatic heterocycles. The Bertz CT molecular complexity index is 265. The first-order valence-corrected chi connectivity index (χ1v) is 4.98. The van der Waals surface area contributed by atoms with Crippen molar-refractivity contribution >= 4 is 11.9 Å². The number of nitro groups is 1. The van der Waals surface area contributed by atoms with Crippen molar-refractivity contribution in [2.75, 3.05) is 6.54 Å². The topological polar surface area (TPSA) is 107 Å². The third-order valence-corrected chi connectivity index (χ3v) is 1.80. The first-order chi connectivity index (χ1) is 7.45. The average molecular weight is 233 g/mol. The van der Waals surface area contributed by atoms with Gasteiger partial charge >= 0.3 is 11.9 Å². The van der Waals surface area contributed by atoms with E-state index >= 15 is 0 Å². The van der Waals surface area contributed by atoms with Gasteiger partial charge in [0, 0.05) is 4.92 Å². The molecule has 92 valence electrons. The zero-order valence-electron chi connectivity index (χ0n) is 9.05. The first-order valence-electron chi connectivity index (χ1n) is 4.98. The molecule has 0 fully saturated rings. The summed E-state index contributed by atoms with van der Waals surface area (Å²) in [4.78, 5) is 31.0. The Labute approximate surface area is 92.5 Å². The number of hydrogen-bond donors (Lipinski definition) is 1. The summed E-state index contributed by atoms with van der Waals surface area (Å²) in [6.07, 6.45) is -0.283. The van der Waals surface area contributed by atoms with E-state index in [9.17, 15) is 19.7 Å². The van der Waals surface area contributed by atoms with Crippen LogP contribution in [0.3, 0.4) is 0 Å². The summed E-state index contributed by atoms with van der Waals surface area (Å²) < 4.78 is 4.81. The highest BCUT2D eigenvalue weighted by Crippen LogP contribution is 2.05. The second kappa shape index (κ2) is 7.61. The number of carbonyl (C=O) groups is 2. The van der Waals surface area contributed by atoms with Crippen molar-refractivity contribution in [1.82, 2.24) is 0 Å². The lowest BCUT2D eigenvalue weighted by molar-refractivity contribution is -0.490. The lowest BCUT2D eigenvalue weighted by Gasteiger charge is -2.12. The van der Waals surface area contributed by atoms with Gasteiger partial charge in [-0.15, -0.1) is 0 Å². The lowest BCUT2D eigenvalue weighted by Crippen LogP contribution is -2.26. The van der Waals surface area contributed by atoms with Crippen LogP contribution >= 0.6 is 0 Å². The van der Waals surface area contributed by atoms with Crippen LogP contribution in [0.2, 0.25) is 0 Å². The van der Waals surface area contributed by atoms with Crippen LogP contribution < -0.4 is 0 Å². The second-order valence-electron chi connectivity index (χ2n) is 3.31. The van der Waals surface area contributed by atoms with Gasteiger partial charge in [0.05, 0.1) is 12.8 Å². The third kappa shape index (κ3) is 7.72. The number of aliphatic carboxylic acids is 1. The maximum atomic E-state index is 11.1. The Morgan fingerprint density at radius 1 is 1.44 bits per heavy atom. The van der Waals surface area contributed by atoms with Gasteiger partial charge in [0.15, 0.2) is 6.10 Å². The Morgan fingerprint density at radius 3 is 2.50 bits per heavy atom. The Balaban J connectivity index is 4.01. The smallest absolute Gasteiger partial charge is 0.306 e. The summed E-state index contributed by atoms with van der Waals surface area (Å²) in [5, 5.41) is 18.6. The minimum Gasteiger partial charge on any atom is -0.481 e. The first kappa shape index (κ1) is 14.3. The molecule has 0 bridgehead atoms. The molecule has 7 heteroatoms. The number of hydrogen-bond acceptors (Lipinski definition) is 5. The van der Waals surface area contributed by atoms with Crippen molar-refractivity contribution in [3.05, 3.63) is 10.1 Å². The maximum Gasteiger partial charge on any atom is 0.306 e. The Hall–Kier alpha value is -1.66. The molecule has 0 radical (unpaired) electrons. The van der Waals surface area contributed by atoms with E-state index < -0.39 is 29.5 Å². The molecule has 0 heterocycles. The highest BCUT2D eigenvalue weighted by Gasteiger charge is 2.19. The van der Waals surface area contributed by atoms with Gasteiger partial charge in [-0.1, -0.05) is 13.3 Å². The molecule has 1 N–H and O–H groups in total. The number of carbonyl (C=O) groups excluding carboxylic acids is 1. The summed E-state index contributed by atoms with van der Waals surface area (Å²) in [6.45, 7) is 1.38. The van der Waals surface area contributed by atoms with E-state index in [4.69, 9.17) is 9.84 Å². The minimum atomic E-state index is -1.10. The molecule has 0 saturated heterocycles. The molecule has 0 spiro atoms. The monoisotopic (exact) mass is 233 g/mol. The fourth-order valence-electron chi connectivity index (χ4n) is 1.13. The van der Waals surface area contributed by atoms with E-state index in [0.29, 0.717) is 12.8 Å². The number of ether oxygens (including phenoxy) is 1. The van der Waals surface area contributed by atoms with Gasteiger partial charge in [-0.2, -0.15) is 0 Å². The molecule has 0 aliphatic rings. The highest BCUT2D eigenvalue weighted by atomic mass is 16.6. The average Bonchev–Trinajstić information content (AvgIpc) is 2.14. The molecule has 0 aliphatic carbocycles. The summed E-state index contributed by atoms with van der Waals surface area (Å²) in [6, 6.07) is 0. The van der Waals surface area contributed by atoms with Crippen molar-refractivity contribution in [2.24, 2.45) is 0 Å². The fraction of sp³-hybridized carbons (Fsp3) is 0.778. The van der Waals surface area contributed by atoms with Crippen LogP contribution in [0.5, 0.6) is 0 Å². The number of nitrogens with zero attached hydrogens (tertiary/aromatic N) is 1. The van der Waals surface area contributed by atoms with E-state index in [-0.39, 0.29) is 12.8 Å². The quantitative estimate of drug-likeness (QED) is 0.378. The molecule has 0 rings (SSSR count). The number of esters is 1. The summed E-state index contributed by atoms with van der Waals surface area (Å²) >= 11 is 0. The van der Waals surface area contributed by atoms with Crippen LogP contribution in [0.1, 0.15) is 32.6 Å². The van der Waals surface area contributed by atoms with Gasteiger partial charge in [0.1, 0.15) is 0 Å². The van der Waals surface area contributed by atoms with Crippen LogP contribution in [-0.2, 0) is 14.3 Å². The fourth-order valence-corrected chi connectivity index (χ4v) is 1.13. The van der Waals surface area contributed by atoms with E-state index in [1.807, 2.05) is 6.92 Å². The zero-order chi connectivity index (χ0) is 12.6. The van der Waals surface area contributed by atoms with E-state index in [0.717, 1.165) is 0 Å². The maximum absolute atomic E-state index is 11.1. The largest absolute Gasteiger partial charge is 0.481 e. The third-order valence-electron chi connectivity index (χ3n) is 1.80. The molecule has 1 atom stereocenters. The van der Waals surface area contributed by atoms with Crippen molar-refractivity contribution < 1.29 is 24.4 Å². The lowest BCUT2D eigenvalue weighted by atomic mass is 10.2. The van der Waals surface area contributed by atoms with Crippen LogP contribution in [0.25, 0.3) is 0 Å². The van der Waals surface area contributed by atoms with Gasteiger partial charge < -0.3 is 9.84 Å². The minimum absolute atomic E-state index is 0.257. The number of carboxylic acid groups (broad SMARTS) is 1. The summed E-state index contributed by atoms with van der Waals surface area (Å²) in [7, 11) is 0. The highest BCUT2D eigenvalue weighted by molar-refractivity contribution is 5.76. The van der Waals surface area contributed by atoms with Crippen LogP contribution in [-0.4, -0.2) is 34.6 Å². The molecular formula is C9H15NO6. The number of rotatable bonds is 8. The van der Waals surface area contributed by atoms with Crippen molar-refractivity contribution in [1.29, 1.82) is 0 Å². The summed E-state index contributed by atoms with van der Waals surface area (Å²) in [5.74, 6) is -1.80. The predicted molar refractivity (Wildman–Crippen MR) is 53.5 cm³/mol. The molecule has 0 aromatic carbocycles. The van der Waals surface area contributed by atoms with E-state index in [2.05, 4.69) is 0 Å². The molecule has 0 aromatic heterocycles. The standard InChI is InChI=1S/C9H15NO6/c1-2-3-7(6-10(14)15)16-9(13)5-4-8(11)12/h7H,2-6H2,1H3,(H,11,12)/t7-/m0/s1. The van der Waals surface area contributed by atoms with Crippen molar-refractivity contribution in [3.63, 3.8) is 0 Å². The van der Waals surface area contributed by atoms with Gasteiger partial charge in [0.2, 0.25) is 6.54 Å². The van der Waals surface area contributed by atoms with Crippen molar-refractivity contribution in [2.45, 2.75) is 38.7 Å². The summed E-state index contributed by atoms with van der Waals surface area (Å²) in [5.41, 5.74) is 0. The van der Waals surface area contributed by atoms with Gasteiger partial charge in [-0.3, -0.25) is 19.7 Å². The molecule has 0 unspecified atom stereocenters. The normalized spacial score (nSPS) is 11.8. The van der Waals surface area contributed by atoms with Gasteiger partial charge in [-0.25, -0.2) is 0 Å². The van der Waals surface area contributed by atoms with Crippen LogP contribution in [0.15, 0.2) is 0 Å². The van der Waals surface area contributed by atoms with Gasteiger partial charge in [-0.05, 0) is 6.42 Å². The second-order valence-corrected chi connectivity index (χ2v) is 3.31. The Morgan fingerprint density at radius 2 is 2.06 bits per heavy atom. The zero-order valence-corrected chi connectivity index (χ0v) is 9.05. The predicted octanol–water partition coefficient (Wildman–Crippen LogP) is 0.840. The molecule has 0 saturated carbocycles. The van der Waals surface area contributed by atoms with Crippen LogP contribution in [0, 0.1) is 10.1 Å². The molecule has 0 aromatic rings. The molecule has 0 amide bonds. The van der Waals surface area contributed by atoms with Crippen LogP contribution in [0.4, 0.5) is 0 Å². The molecule has 7 nitrogen and oxygen atoms in total. The molecule has 16 heavy (non-hydrogen) atoms.